The van der Waals surface area contributed by atoms with Crippen molar-refractivity contribution >= 4 is 21.6 Å². The van der Waals surface area contributed by atoms with Crippen molar-refractivity contribution in [2.45, 2.75) is 51.3 Å². The van der Waals surface area contributed by atoms with Crippen molar-refractivity contribution in [3.05, 3.63) is 70.8 Å². The number of hydrogen-bond acceptors (Lipinski definition) is 4. The SMILES string of the molecule is Cc1ccc(S(=O)(=O)N2CCCCC2)cc1NC(=O)Cc1c(C)nn(-c2ccc(F)cc2)c1C. The fraction of sp³-hybridized carbons (Fsp3) is 0.360. The Hall–Kier alpha value is -3.04. The Bertz CT molecular complexity index is 1310. The van der Waals surface area contributed by atoms with Gasteiger partial charge in [-0.3, -0.25) is 4.79 Å². The van der Waals surface area contributed by atoms with Crippen molar-refractivity contribution in [3.63, 3.8) is 0 Å². The predicted octanol–water partition coefficient (Wildman–Crippen LogP) is 4.29. The molecule has 0 unspecified atom stereocenters. The van der Waals surface area contributed by atoms with Crippen LogP contribution in [0, 0.1) is 26.6 Å². The van der Waals surface area contributed by atoms with Crippen LogP contribution < -0.4 is 5.32 Å². The topological polar surface area (TPSA) is 84.3 Å². The summed E-state index contributed by atoms with van der Waals surface area (Å²) in [6, 6.07) is 10.9. The molecule has 0 atom stereocenters. The summed E-state index contributed by atoms with van der Waals surface area (Å²) in [6.45, 7) is 6.56. The van der Waals surface area contributed by atoms with Crippen LogP contribution in [0.15, 0.2) is 47.4 Å². The van der Waals surface area contributed by atoms with Crippen LogP contribution in [0.5, 0.6) is 0 Å². The van der Waals surface area contributed by atoms with Crippen molar-refractivity contribution < 1.29 is 17.6 Å². The Morgan fingerprint density at radius 1 is 1.03 bits per heavy atom. The molecule has 1 fully saturated rings. The van der Waals surface area contributed by atoms with E-state index in [0.717, 1.165) is 36.1 Å². The largest absolute Gasteiger partial charge is 0.326 e. The van der Waals surface area contributed by atoms with Gasteiger partial charge in [-0.15, -0.1) is 0 Å². The van der Waals surface area contributed by atoms with Gasteiger partial charge in [0.2, 0.25) is 15.9 Å². The molecule has 0 radical (unpaired) electrons. The second-order valence-electron chi connectivity index (χ2n) is 8.70. The maximum atomic E-state index is 13.3. The van der Waals surface area contributed by atoms with E-state index in [1.54, 1.807) is 35.0 Å². The van der Waals surface area contributed by atoms with Crippen LogP contribution in [0.4, 0.5) is 10.1 Å². The van der Waals surface area contributed by atoms with E-state index in [1.165, 1.54) is 16.4 Å². The van der Waals surface area contributed by atoms with E-state index < -0.39 is 10.0 Å². The minimum absolute atomic E-state index is 0.0847. The normalized spacial score (nSPS) is 14.8. The van der Waals surface area contributed by atoms with Gasteiger partial charge in [0, 0.05) is 30.0 Å². The molecule has 1 amide bonds. The van der Waals surface area contributed by atoms with Gasteiger partial charge in [0.1, 0.15) is 5.82 Å². The number of aryl methyl sites for hydroxylation is 2. The third-order valence-electron chi connectivity index (χ3n) is 6.29. The number of halogens is 1. The highest BCUT2D eigenvalue weighted by molar-refractivity contribution is 7.89. The fourth-order valence-electron chi connectivity index (χ4n) is 4.27. The molecule has 1 aromatic heterocycles. The molecule has 0 aliphatic carbocycles. The molecule has 34 heavy (non-hydrogen) atoms. The van der Waals surface area contributed by atoms with E-state index in [-0.39, 0.29) is 23.0 Å². The van der Waals surface area contributed by atoms with E-state index >= 15 is 0 Å². The molecule has 1 aliphatic rings. The Labute approximate surface area is 199 Å². The summed E-state index contributed by atoms with van der Waals surface area (Å²) in [5.74, 6) is -0.592. The second kappa shape index (κ2) is 9.68. The van der Waals surface area contributed by atoms with E-state index in [4.69, 9.17) is 0 Å². The van der Waals surface area contributed by atoms with Crippen molar-refractivity contribution in [3.8, 4) is 5.69 Å². The van der Waals surface area contributed by atoms with Gasteiger partial charge in [0.05, 0.1) is 22.7 Å². The maximum Gasteiger partial charge on any atom is 0.243 e. The third kappa shape index (κ3) is 4.90. The average molecular weight is 485 g/mol. The first-order chi connectivity index (χ1) is 16.2. The molecule has 1 N–H and O–H groups in total. The Morgan fingerprint density at radius 3 is 2.38 bits per heavy atom. The van der Waals surface area contributed by atoms with Crippen molar-refractivity contribution in [2.75, 3.05) is 18.4 Å². The highest BCUT2D eigenvalue weighted by Crippen LogP contribution is 2.26. The first-order valence-electron chi connectivity index (χ1n) is 11.4. The van der Waals surface area contributed by atoms with E-state index in [0.29, 0.717) is 30.2 Å². The first-order valence-corrected chi connectivity index (χ1v) is 12.8. The Kier molecular flexibility index (Phi) is 6.86. The molecule has 0 bridgehead atoms. The minimum atomic E-state index is -3.60. The van der Waals surface area contributed by atoms with Crippen LogP contribution in [-0.2, 0) is 21.2 Å². The number of benzene rings is 2. The minimum Gasteiger partial charge on any atom is -0.326 e. The average Bonchev–Trinajstić information content (AvgIpc) is 3.09. The summed E-state index contributed by atoms with van der Waals surface area (Å²) < 4.78 is 42.6. The first kappa shape index (κ1) is 24.1. The standard InChI is InChI=1S/C25H29FN4O3S/c1-17-7-12-22(34(32,33)29-13-5-4-6-14-29)15-24(17)27-25(31)16-23-18(2)28-30(19(23)3)21-10-8-20(26)9-11-21/h7-12,15H,4-6,13-14,16H2,1-3H3,(H,27,31). The van der Waals surface area contributed by atoms with Crippen LogP contribution in [-0.4, -0.2) is 41.5 Å². The van der Waals surface area contributed by atoms with Gasteiger partial charge in [0.25, 0.3) is 0 Å². The second-order valence-corrected chi connectivity index (χ2v) is 10.6. The monoisotopic (exact) mass is 484 g/mol. The van der Waals surface area contributed by atoms with Crippen molar-refractivity contribution in [1.82, 2.24) is 14.1 Å². The molecular weight excluding hydrogens is 455 g/mol. The maximum absolute atomic E-state index is 13.3. The lowest BCUT2D eigenvalue weighted by Crippen LogP contribution is -2.35. The molecule has 180 valence electrons. The molecule has 4 rings (SSSR count). The highest BCUT2D eigenvalue weighted by atomic mass is 32.2. The number of anilines is 1. The molecular formula is C25H29FN4O3S. The van der Waals surface area contributed by atoms with Gasteiger partial charge in [0.15, 0.2) is 0 Å². The summed E-state index contributed by atoms with van der Waals surface area (Å²) in [6.07, 6.45) is 2.84. The van der Waals surface area contributed by atoms with Crippen LogP contribution >= 0.6 is 0 Å². The smallest absolute Gasteiger partial charge is 0.243 e. The number of amides is 1. The number of nitrogens with one attached hydrogen (secondary N) is 1. The van der Waals surface area contributed by atoms with Gasteiger partial charge in [-0.05, 0) is 75.6 Å². The van der Waals surface area contributed by atoms with Crippen LogP contribution in [0.2, 0.25) is 0 Å². The quantitative estimate of drug-likeness (QED) is 0.566. The summed E-state index contributed by atoms with van der Waals surface area (Å²) in [5, 5.41) is 7.39. The Morgan fingerprint density at radius 2 is 1.71 bits per heavy atom. The molecule has 1 aliphatic heterocycles. The number of rotatable bonds is 6. The van der Waals surface area contributed by atoms with Gasteiger partial charge in [-0.25, -0.2) is 17.5 Å². The lowest BCUT2D eigenvalue weighted by molar-refractivity contribution is -0.115. The van der Waals surface area contributed by atoms with E-state index in [1.807, 2.05) is 20.8 Å². The van der Waals surface area contributed by atoms with Gasteiger partial charge < -0.3 is 5.32 Å². The summed E-state index contributed by atoms with van der Waals surface area (Å²) in [4.78, 5) is 13.1. The molecule has 7 nitrogen and oxygen atoms in total. The van der Waals surface area contributed by atoms with Crippen LogP contribution in [0.3, 0.4) is 0 Å². The lowest BCUT2D eigenvalue weighted by atomic mass is 10.1. The number of hydrogen-bond donors (Lipinski definition) is 1. The lowest BCUT2D eigenvalue weighted by Gasteiger charge is -2.26. The van der Waals surface area contributed by atoms with Crippen LogP contribution in [0.25, 0.3) is 5.69 Å². The molecule has 9 heteroatoms. The van der Waals surface area contributed by atoms with Crippen molar-refractivity contribution in [1.29, 1.82) is 0 Å². The molecule has 0 spiro atoms. The molecule has 3 aromatic rings. The van der Waals surface area contributed by atoms with Gasteiger partial charge >= 0.3 is 0 Å². The third-order valence-corrected chi connectivity index (χ3v) is 8.18. The number of nitrogens with zero attached hydrogens (tertiary/aromatic N) is 3. The fourth-order valence-corrected chi connectivity index (χ4v) is 5.81. The summed E-state index contributed by atoms with van der Waals surface area (Å²) in [5.41, 5.74) is 4.23. The number of piperidine rings is 1. The van der Waals surface area contributed by atoms with Crippen LogP contribution in [0.1, 0.15) is 41.8 Å². The van der Waals surface area contributed by atoms with E-state index in [9.17, 15) is 17.6 Å². The molecule has 0 saturated carbocycles. The highest BCUT2D eigenvalue weighted by Gasteiger charge is 2.26. The number of aromatic nitrogens is 2. The summed E-state index contributed by atoms with van der Waals surface area (Å²) >= 11 is 0. The zero-order valence-electron chi connectivity index (χ0n) is 19.6. The zero-order valence-corrected chi connectivity index (χ0v) is 20.5. The summed E-state index contributed by atoms with van der Waals surface area (Å²) in [7, 11) is -3.60. The number of carbonyl (C=O) groups excluding carboxylic acids is 1. The molecule has 2 aromatic carbocycles. The van der Waals surface area contributed by atoms with Gasteiger partial charge in [-0.2, -0.15) is 9.40 Å². The molecule has 2 heterocycles. The predicted molar refractivity (Wildman–Crippen MR) is 129 cm³/mol. The Balaban J connectivity index is 1.54. The number of sulfonamides is 1. The van der Waals surface area contributed by atoms with Gasteiger partial charge in [-0.1, -0.05) is 12.5 Å². The molecule has 1 saturated heterocycles. The van der Waals surface area contributed by atoms with E-state index in [2.05, 4.69) is 10.4 Å². The zero-order chi connectivity index (χ0) is 24.5. The van der Waals surface area contributed by atoms with Crippen molar-refractivity contribution in [2.24, 2.45) is 0 Å². The number of carbonyl (C=O) groups is 1.